The molecule has 1 aliphatic carbocycles. The molecule has 0 radical (unpaired) electrons. The zero-order chi connectivity index (χ0) is 12.6. The van der Waals surface area contributed by atoms with Gasteiger partial charge in [0.15, 0.2) is 0 Å². The SMILES string of the molecule is CCc1nc(C2(c3ccccc3)CC2)sc1CN. The minimum absolute atomic E-state index is 0.198. The van der Waals surface area contributed by atoms with Crippen molar-refractivity contribution in [1.82, 2.24) is 4.98 Å². The third kappa shape index (κ3) is 1.78. The number of aryl methyl sites for hydroxylation is 1. The van der Waals surface area contributed by atoms with Gasteiger partial charge in [-0.05, 0) is 24.8 Å². The van der Waals surface area contributed by atoms with Crippen LogP contribution < -0.4 is 5.73 Å². The highest BCUT2D eigenvalue weighted by Gasteiger charge is 2.48. The van der Waals surface area contributed by atoms with Gasteiger partial charge in [0, 0.05) is 16.8 Å². The summed E-state index contributed by atoms with van der Waals surface area (Å²) in [6.45, 7) is 2.77. The van der Waals surface area contributed by atoms with Crippen molar-refractivity contribution in [2.45, 2.75) is 38.1 Å². The highest BCUT2D eigenvalue weighted by Crippen LogP contribution is 2.54. The fourth-order valence-corrected chi connectivity index (χ4v) is 3.83. The molecule has 2 N–H and O–H groups in total. The number of thiazole rings is 1. The van der Waals surface area contributed by atoms with Gasteiger partial charge >= 0.3 is 0 Å². The first-order chi connectivity index (χ1) is 8.80. The van der Waals surface area contributed by atoms with Gasteiger partial charge in [-0.1, -0.05) is 37.3 Å². The molecule has 0 aliphatic heterocycles. The highest BCUT2D eigenvalue weighted by atomic mass is 32.1. The normalized spacial score (nSPS) is 16.8. The van der Waals surface area contributed by atoms with Gasteiger partial charge in [-0.2, -0.15) is 0 Å². The summed E-state index contributed by atoms with van der Waals surface area (Å²) >= 11 is 1.81. The molecule has 0 spiro atoms. The average Bonchev–Trinajstić information content (AvgIpc) is 3.13. The average molecular weight is 258 g/mol. The molecule has 1 saturated carbocycles. The van der Waals surface area contributed by atoms with E-state index in [1.807, 2.05) is 11.3 Å². The maximum atomic E-state index is 5.81. The Hall–Kier alpha value is -1.19. The van der Waals surface area contributed by atoms with Crippen LogP contribution in [0.15, 0.2) is 30.3 Å². The monoisotopic (exact) mass is 258 g/mol. The van der Waals surface area contributed by atoms with E-state index in [2.05, 4.69) is 37.3 Å². The molecule has 0 bridgehead atoms. The Bertz CT molecular complexity index is 519. The van der Waals surface area contributed by atoms with Crippen molar-refractivity contribution in [3.8, 4) is 0 Å². The molecule has 0 atom stereocenters. The predicted octanol–water partition coefficient (Wildman–Crippen LogP) is 3.24. The summed E-state index contributed by atoms with van der Waals surface area (Å²) in [6.07, 6.45) is 3.42. The minimum atomic E-state index is 0.198. The van der Waals surface area contributed by atoms with E-state index in [0.717, 1.165) is 6.42 Å². The summed E-state index contributed by atoms with van der Waals surface area (Å²) in [5.41, 5.74) is 8.61. The second kappa shape index (κ2) is 4.48. The van der Waals surface area contributed by atoms with E-state index in [-0.39, 0.29) is 5.41 Å². The van der Waals surface area contributed by atoms with E-state index in [9.17, 15) is 0 Å². The van der Waals surface area contributed by atoms with Crippen molar-refractivity contribution >= 4 is 11.3 Å². The maximum Gasteiger partial charge on any atom is 0.104 e. The molecule has 2 aromatic rings. The second-order valence-corrected chi connectivity index (χ2v) is 5.98. The molecule has 3 rings (SSSR count). The Labute approximate surface area is 112 Å². The lowest BCUT2D eigenvalue weighted by atomic mass is 9.97. The van der Waals surface area contributed by atoms with Crippen molar-refractivity contribution in [2.75, 3.05) is 0 Å². The summed E-state index contributed by atoms with van der Waals surface area (Å²) in [6, 6.07) is 10.8. The lowest BCUT2D eigenvalue weighted by molar-refractivity contribution is 0.820. The van der Waals surface area contributed by atoms with Crippen LogP contribution in [0.3, 0.4) is 0 Å². The summed E-state index contributed by atoms with van der Waals surface area (Å²) < 4.78 is 0. The number of rotatable bonds is 4. The number of nitrogens with zero attached hydrogens (tertiary/aromatic N) is 1. The first-order valence-electron chi connectivity index (χ1n) is 6.55. The molecule has 1 aromatic carbocycles. The number of aromatic nitrogens is 1. The summed E-state index contributed by atoms with van der Waals surface area (Å²) in [5.74, 6) is 0. The molecule has 1 aromatic heterocycles. The molecule has 18 heavy (non-hydrogen) atoms. The van der Waals surface area contributed by atoms with Crippen molar-refractivity contribution < 1.29 is 0 Å². The first kappa shape index (κ1) is 11.9. The standard InChI is InChI=1S/C15H18N2S/c1-2-12-13(10-16)18-14(17-12)15(8-9-15)11-6-4-3-5-7-11/h3-7H,2,8-10,16H2,1H3. The van der Waals surface area contributed by atoms with Crippen molar-refractivity contribution in [3.63, 3.8) is 0 Å². The van der Waals surface area contributed by atoms with Gasteiger partial charge in [0.1, 0.15) is 5.01 Å². The van der Waals surface area contributed by atoms with Crippen LogP contribution in [0, 0.1) is 0 Å². The third-order valence-electron chi connectivity index (χ3n) is 3.78. The van der Waals surface area contributed by atoms with Gasteiger partial charge in [-0.3, -0.25) is 0 Å². The predicted molar refractivity (Wildman–Crippen MR) is 75.8 cm³/mol. The number of nitrogens with two attached hydrogens (primary N) is 1. The second-order valence-electron chi connectivity index (χ2n) is 4.89. The molecule has 0 unspecified atom stereocenters. The van der Waals surface area contributed by atoms with Gasteiger partial charge < -0.3 is 5.73 Å². The Morgan fingerprint density at radius 1 is 1.28 bits per heavy atom. The molecule has 3 heteroatoms. The fourth-order valence-electron chi connectivity index (χ4n) is 2.53. The van der Waals surface area contributed by atoms with Crippen LogP contribution in [0.2, 0.25) is 0 Å². The van der Waals surface area contributed by atoms with Crippen molar-refractivity contribution in [2.24, 2.45) is 5.73 Å². The number of hydrogen-bond acceptors (Lipinski definition) is 3. The van der Waals surface area contributed by atoms with E-state index in [1.165, 1.54) is 34.0 Å². The first-order valence-corrected chi connectivity index (χ1v) is 7.36. The van der Waals surface area contributed by atoms with Crippen LogP contribution in [0.4, 0.5) is 0 Å². The Balaban J connectivity index is 2.02. The van der Waals surface area contributed by atoms with E-state index in [0.29, 0.717) is 6.54 Å². The number of benzene rings is 1. The zero-order valence-corrected chi connectivity index (χ0v) is 11.5. The highest BCUT2D eigenvalue weighted by molar-refractivity contribution is 7.12. The summed E-state index contributed by atoms with van der Waals surface area (Å²) in [5, 5.41) is 1.27. The lowest BCUT2D eigenvalue weighted by Crippen LogP contribution is -2.07. The van der Waals surface area contributed by atoms with E-state index in [4.69, 9.17) is 10.7 Å². The van der Waals surface area contributed by atoms with Crippen LogP contribution in [0.25, 0.3) is 0 Å². The van der Waals surface area contributed by atoms with Gasteiger partial charge in [0.2, 0.25) is 0 Å². The molecular weight excluding hydrogens is 240 g/mol. The van der Waals surface area contributed by atoms with Crippen LogP contribution >= 0.6 is 11.3 Å². The van der Waals surface area contributed by atoms with Crippen molar-refractivity contribution in [3.05, 3.63) is 51.5 Å². The summed E-state index contributed by atoms with van der Waals surface area (Å²) in [4.78, 5) is 6.11. The Kier molecular flexibility index (Phi) is 2.96. The van der Waals surface area contributed by atoms with Crippen LogP contribution in [-0.2, 0) is 18.4 Å². The van der Waals surface area contributed by atoms with Crippen LogP contribution in [0.1, 0.15) is 40.9 Å². The molecule has 1 heterocycles. The fraction of sp³-hybridized carbons (Fsp3) is 0.400. The molecule has 1 aliphatic rings. The molecule has 1 fully saturated rings. The molecule has 94 valence electrons. The number of hydrogen-bond donors (Lipinski definition) is 1. The van der Waals surface area contributed by atoms with Crippen LogP contribution in [-0.4, -0.2) is 4.98 Å². The van der Waals surface area contributed by atoms with E-state index in [1.54, 1.807) is 0 Å². The maximum absolute atomic E-state index is 5.81. The third-order valence-corrected chi connectivity index (χ3v) is 5.11. The van der Waals surface area contributed by atoms with Gasteiger partial charge in [0.25, 0.3) is 0 Å². The van der Waals surface area contributed by atoms with Gasteiger partial charge in [-0.25, -0.2) is 4.98 Å². The van der Waals surface area contributed by atoms with E-state index < -0.39 is 0 Å². The molecule has 0 saturated heterocycles. The molecular formula is C15H18N2S. The zero-order valence-electron chi connectivity index (χ0n) is 10.6. The Morgan fingerprint density at radius 3 is 2.50 bits per heavy atom. The lowest BCUT2D eigenvalue weighted by Gasteiger charge is -2.12. The quantitative estimate of drug-likeness (QED) is 0.914. The van der Waals surface area contributed by atoms with E-state index >= 15 is 0 Å². The largest absolute Gasteiger partial charge is 0.326 e. The van der Waals surface area contributed by atoms with Crippen molar-refractivity contribution in [1.29, 1.82) is 0 Å². The van der Waals surface area contributed by atoms with Gasteiger partial charge in [-0.15, -0.1) is 11.3 Å². The van der Waals surface area contributed by atoms with Gasteiger partial charge in [0.05, 0.1) is 5.69 Å². The minimum Gasteiger partial charge on any atom is -0.326 e. The summed E-state index contributed by atoms with van der Waals surface area (Å²) in [7, 11) is 0. The topological polar surface area (TPSA) is 38.9 Å². The van der Waals surface area contributed by atoms with Crippen LogP contribution in [0.5, 0.6) is 0 Å². The molecule has 2 nitrogen and oxygen atoms in total. The smallest absolute Gasteiger partial charge is 0.104 e. The Morgan fingerprint density at radius 2 is 2.00 bits per heavy atom. The molecule has 0 amide bonds.